The Bertz CT molecular complexity index is 925. The molecule has 0 saturated heterocycles. The number of benzene rings is 3. The summed E-state index contributed by atoms with van der Waals surface area (Å²) in [5.74, 6) is 5.96. The van der Waals surface area contributed by atoms with Crippen LogP contribution in [0.5, 0.6) is 5.75 Å². The van der Waals surface area contributed by atoms with E-state index in [4.69, 9.17) is 4.74 Å². The zero-order valence-corrected chi connectivity index (χ0v) is 15.0. The van der Waals surface area contributed by atoms with Gasteiger partial charge in [0.15, 0.2) is 0 Å². The minimum absolute atomic E-state index is 0.306. The summed E-state index contributed by atoms with van der Waals surface area (Å²) in [5, 5.41) is 2.75. The third-order valence-electron chi connectivity index (χ3n) is 3.95. The predicted molar refractivity (Wildman–Crippen MR) is 108 cm³/mol. The van der Waals surface area contributed by atoms with Crippen LogP contribution in [0.3, 0.4) is 0 Å². The van der Waals surface area contributed by atoms with Crippen molar-refractivity contribution in [1.82, 2.24) is 5.32 Å². The summed E-state index contributed by atoms with van der Waals surface area (Å²) < 4.78 is 5.86. The Morgan fingerprint density at radius 3 is 2.30 bits per heavy atom. The van der Waals surface area contributed by atoms with Crippen LogP contribution < -0.4 is 10.1 Å². The standard InChI is InChI=1S/C24H21NO2/c26-24(16-15-20-9-3-1-4-10-20)25-17-18-27-23-14-8-7-13-22(23)19-21-11-5-2-6-12-21/h1-14H,17-19H2,(H,25,26). The second-order valence-electron chi connectivity index (χ2n) is 5.99. The summed E-state index contributed by atoms with van der Waals surface area (Å²) in [4.78, 5) is 11.8. The molecular formula is C24H21NO2. The topological polar surface area (TPSA) is 38.3 Å². The van der Waals surface area contributed by atoms with Crippen LogP contribution in [0.1, 0.15) is 16.7 Å². The van der Waals surface area contributed by atoms with E-state index in [0.29, 0.717) is 13.2 Å². The molecule has 3 nitrogen and oxygen atoms in total. The summed E-state index contributed by atoms with van der Waals surface area (Å²) in [7, 11) is 0. The zero-order valence-electron chi connectivity index (χ0n) is 15.0. The molecule has 0 unspecified atom stereocenters. The second kappa shape index (κ2) is 9.84. The summed E-state index contributed by atoms with van der Waals surface area (Å²) in [5.41, 5.74) is 3.18. The molecule has 0 bridgehead atoms. The molecule has 3 heteroatoms. The van der Waals surface area contributed by atoms with Gasteiger partial charge in [0.05, 0.1) is 6.54 Å². The average Bonchev–Trinajstić information content (AvgIpc) is 2.72. The SMILES string of the molecule is O=C(C#Cc1ccccc1)NCCOc1ccccc1Cc1ccccc1. The molecule has 0 spiro atoms. The average molecular weight is 355 g/mol. The van der Waals surface area contributed by atoms with E-state index in [1.54, 1.807) is 0 Å². The number of para-hydroxylation sites is 1. The van der Waals surface area contributed by atoms with Crippen molar-refractivity contribution in [3.63, 3.8) is 0 Å². The smallest absolute Gasteiger partial charge is 0.296 e. The summed E-state index contributed by atoms with van der Waals surface area (Å²) >= 11 is 0. The Balaban J connectivity index is 1.48. The van der Waals surface area contributed by atoms with Gasteiger partial charge in [0.2, 0.25) is 0 Å². The highest BCUT2D eigenvalue weighted by Crippen LogP contribution is 2.21. The van der Waals surface area contributed by atoms with Crippen molar-refractivity contribution < 1.29 is 9.53 Å². The monoisotopic (exact) mass is 355 g/mol. The first-order chi connectivity index (χ1) is 13.3. The lowest BCUT2D eigenvalue weighted by atomic mass is 10.0. The maximum absolute atomic E-state index is 11.8. The van der Waals surface area contributed by atoms with Gasteiger partial charge < -0.3 is 10.1 Å². The highest BCUT2D eigenvalue weighted by Gasteiger charge is 2.04. The van der Waals surface area contributed by atoms with Gasteiger partial charge in [-0.15, -0.1) is 0 Å². The highest BCUT2D eigenvalue weighted by molar-refractivity contribution is 5.94. The molecule has 0 fully saturated rings. The number of carbonyl (C=O) groups is 1. The van der Waals surface area contributed by atoms with Crippen molar-refractivity contribution in [3.8, 4) is 17.6 Å². The highest BCUT2D eigenvalue weighted by atomic mass is 16.5. The molecule has 0 aliphatic heterocycles. The third kappa shape index (κ3) is 6.05. The quantitative estimate of drug-likeness (QED) is 0.539. The van der Waals surface area contributed by atoms with Crippen LogP contribution in [0.15, 0.2) is 84.9 Å². The first-order valence-corrected chi connectivity index (χ1v) is 8.91. The van der Waals surface area contributed by atoms with Gasteiger partial charge in [-0.1, -0.05) is 72.7 Å². The van der Waals surface area contributed by atoms with Crippen molar-refractivity contribution in [1.29, 1.82) is 0 Å². The number of hydrogen-bond acceptors (Lipinski definition) is 2. The van der Waals surface area contributed by atoms with Crippen molar-refractivity contribution in [3.05, 3.63) is 102 Å². The molecule has 0 atom stereocenters. The van der Waals surface area contributed by atoms with Gasteiger partial charge in [0, 0.05) is 17.9 Å². The molecule has 3 aromatic carbocycles. The largest absolute Gasteiger partial charge is 0.491 e. The van der Waals surface area contributed by atoms with Crippen LogP contribution in [0.25, 0.3) is 0 Å². The van der Waals surface area contributed by atoms with E-state index >= 15 is 0 Å². The van der Waals surface area contributed by atoms with Crippen molar-refractivity contribution in [2.24, 2.45) is 0 Å². The maximum Gasteiger partial charge on any atom is 0.296 e. The molecule has 0 aliphatic rings. The van der Waals surface area contributed by atoms with Crippen LogP contribution in [0, 0.1) is 11.8 Å². The van der Waals surface area contributed by atoms with Crippen LogP contribution in [-0.4, -0.2) is 19.1 Å². The van der Waals surface area contributed by atoms with Crippen LogP contribution in [0.2, 0.25) is 0 Å². The molecule has 0 aromatic heterocycles. The number of nitrogens with one attached hydrogen (secondary N) is 1. The fourth-order valence-corrected chi connectivity index (χ4v) is 2.63. The van der Waals surface area contributed by atoms with Crippen LogP contribution in [-0.2, 0) is 11.2 Å². The van der Waals surface area contributed by atoms with E-state index in [1.807, 2.05) is 66.7 Å². The molecule has 0 radical (unpaired) electrons. The Labute approximate surface area is 160 Å². The summed E-state index contributed by atoms with van der Waals surface area (Å²) in [6.07, 6.45) is 0.811. The number of ether oxygens (including phenoxy) is 1. The Hall–Kier alpha value is -3.51. The fourth-order valence-electron chi connectivity index (χ4n) is 2.63. The second-order valence-corrected chi connectivity index (χ2v) is 5.99. The van der Waals surface area contributed by atoms with Gasteiger partial charge in [0.1, 0.15) is 12.4 Å². The fraction of sp³-hybridized carbons (Fsp3) is 0.125. The Morgan fingerprint density at radius 1 is 0.852 bits per heavy atom. The molecule has 1 N–H and O–H groups in total. The van der Waals surface area contributed by atoms with Crippen molar-refractivity contribution in [2.45, 2.75) is 6.42 Å². The van der Waals surface area contributed by atoms with Gasteiger partial charge in [-0.05, 0) is 29.3 Å². The minimum atomic E-state index is -0.306. The number of carbonyl (C=O) groups excluding carboxylic acids is 1. The number of amides is 1. The van der Waals surface area contributed by atoms with E-state index in [9.17, 15) is 4.79 Å². The first-order valence-electron chi connectivity index (χ1n) is 8.91. The number of hydrogen-bond donors (Lipinski definition) is 1. The van der Waals surface area contributed by atoms with E-state index in [1.165, 1.54) is 5.56 Å². The molecule has 0 heterocycles. The molecule has 0 saturated carbocycles. The van der Waals surface area contributed by atoms with Crippen LogP contribution >= 0.6 is 0 Å². The third-order valence-corrected chi connectivity index (χ3v) is 3.95. The lowest BCUT2D eigenvalue weighted by molar-refractivity contribution is -0.115. The molecule has 3 rings (SSSR count). The van der Waals surface area contributed by atoms with E-state index in [2.05, 4.69) is 35.4 Å². The molecule has 27 heavy (non-hydrogen) atoms. The molecule has 134 valence electrons. The van der Waals surface area contributed by atoms with Crippen molar-refractivity contribution in [2.75, 3.05) is 13.2 Å². The number of rotatable bonds is 6. The van der Waals surface area contributed by atoms with Gasteiger partial charge in [0.25, 0.3) is 5.91 Å². The van der Waals surface area contributed by atoms with Gasteiger partial charge in [-0.25, -0.2) is 0 Å². The molecular weight excluding hydrogens is 334 g/mol. The van der Waals surface area contributed by atoms with E-state index in [0.717, 1.165) is 23.3 Å². The lowest BCUT2D eigenvalue weighted by Crippen LogP contribution is -2.26. The van der Waals surface area contributed by atoms with Gasteiger partial charge in [-0.3, -0.25) is 4.79 Å². The Morgan fingerprint density at radius 2 is 1.52 bits per heavy atom. The van der Waals surface area contributed by atoms with Gasteiger partial charge in [-0.2, -0.15) is 0 Å². The first kappa shape index (κ1) is 18.3. The normalized spacial score (nSPS) is 9.78. The molecule has 3 aromatic rings. The van der Waals surface area contributed by atoms with Crippen molar-refractivity contribution >= 4 is 5.91 Å². The molecule has 1 amide bonds. The lowest BCUT2D eigenvalue weighted by Gasteiger charge is -2.11. The minimum Gasteiger partial charge on any atom is -0.491 e. The summed E-state index contributed by atoms with van der Waals surface area (Å²) in [6, 6.07) is 27.7. The Kier molecular flexibility index (Phi) is 6.66. The predicted octanol–water partition coefficient (Wildman–Crippen LogP) is 3.82. The van der Waals surface area contributed by atoms with E-state index < -0.39 is 0 Å². The van der Waals surface area contributed by atoms with E-state index in [-0.39, 0.29) is 5.91 Å². The van der Waals surface area contributed by atoms with Crippen LogP contribution in [0.4, 0.5) is 0 Å². The molecule has 0 aliphatic carbocycles. The zero-order chi connectivity index (χ0) is 18.7. The maximum atomic E-state index is 11.8. The summed E-state index contributed by atoms with van der Waals surface area (Å²) in [6.45, 7) is 0.798. The van der Waals surface area contributed by atoms with Gasteiger partial charge >= 0.3 is 0 Å².